The molecular formula is C20H17N7O5S3. The Hall–Kier alpha value is -3.56. The highest BCUT2D eigenvalue weighted by Crippen LogP contribution is 2.40. The number of fused-ring (bicyclic) bond motifs is 2. The highest BCUT2D eigenvalue weighted by Gasteiger charge is 2.53. The molecule has 0 aromatic carbocycles. The van der Waals surface area contributed by atoms with Crippen LogP contribution in [0.5, 0.6) is 0 Å². The lowest BCUT2D eigenvalue weighted by molar-refractivity contribution is -0.661. The van der Waals surface area contributed by atoms with E-state index < -0.39 is 29.2 Å². The molecule has 2 atom stereocenters. The topological polar surface area (TPSA) is 167 Å². The van der Waals surface area contributed by atoms with Crippen LogP contribution in [0.4, 0.5) is 5.13 Å². The monoisotopic (exact) mass is 531 g/mol. The van der Waals surface area contributed by atoms with Gasteiger partial charge in [-0.3, -0.25) is 14.5 Å². The number of thiophene rings is 1. The highest BCUT2D eigenvalue weighted by atomic mass is 32.2. The number of carbonyl (C=O) groups excluding carboxylic acids is 3. The number of carbonyl (C=O) groups is 3. The molecule has 2 aliphatic rings. The van der Waals surface area contributed by atoms with Gasteiger partial charge < -0.3 is 25.8 Å². The molecule has 3 aromatic rings. The summed E-state index contributed by atoms with van der Waals surface area (Å²) in [7, 11) is 1.25. The highest BCUT2D eigenvalue weighted by molar-refractivity contribution is 8.00. The van der Waals surface area contributed by atoms with Gasteiger partial charge in [0.2, 0.25) is 11.5 Å². The predicted octanol–water partition coefficient (Wildman–Crippen LogP) is -0.923. The molecule has 2 aliphatic heterocycles. The molecule has 2 amide bonds. The van der Waals surface area contributed by atoms with E-state index in [9.17, 15) is 19.5 Å². The molecule has 35 heavy (non-hydrogen) atoms. The van der Waals surface area contributed by atoms with Gasteiger partial charge in [-0.1, -0.05) is 16.5 Å². The fourth-order valence-electron chi connectivity index (χ4n) is 3.93. The number of hydrogen-bond donors (Lipinski definition) is 2. The minimum Gasteiger partial charge on any atom is -0.543 e. The molecule has 3 N–H and O–H groups in total. The lowest BCUT2D eigenvalue weighted by atomic mass is 10.0. The lowest BCUT2D eigenvalue weighted by Crippen LogP contribution is -2.71. The zero-order valence-electron chi connectivity index (χ0n) is 18.0. The van der Waals surface area contributed by atoms with Gasteiger partial charge >= 0.3 is 0 Å². The predicted molar refractivity (Wildman–Crippen MR) is 127 cm³/mol. The number of nitrogen functional groups attached to an aromatic ring is 1. The number of rotatable bonds is 7. The number of nitrogens with one attached hydrogen (secondary N) is 1. The molecular weight excluding hydrogens is 514 g/mol. The molecule has 0 saturated carbocycles. The van der Waals surface area contributed by atoms with Crippen LogP contribution < -0.4 is 20.7 Å². The molecule has 3 aromatic heterocycles. The Morgan fingerprint density at radius 1 is 1.43 bits per heavy atom. The van der Waals surface area contributed by atoms with Crippen LogP contribution in [0, 0.1) is 0 Å². The molecule has 0 radical (unpaired) electrons. The van der Waals surface area contributed by atoms with Gasteiger partial charge in [0, 0.05) is 28.9 Å². The Labute approximate surface area is 210 Å². The van der Waals surface area contributed by atoms with E-state index in [4.69, 9.17) is 10.6 Å². The van der Waals surface area contributed by atoms with Crippen molar-refractivity contribution in [1.82, 2.24) is 19.6 Å². The van der Waals surface area contributed by atoms with Gasteiger partial charge in [0.15, 0.2) is 17.9 Å². The number of pyridine rings is 1. The average molecular weight is 532 g/mol. The van der Waals surface area contributed by atoms with E-state index in [1.807, 2.05) is 34.3 Å². The van der Waals surface area contributed by atoms with E-state index in [0.717, 1.165) is 21.7 Å². The van der Waals surface area contributed by atoms with E-state index >= 15 is 0 Å². The second-order valence-electron chi connectivity index (χ2n) is 7.50. The zero-order valence-corrected chi connectivity index (χ0v) is 20.5. The first-order valence-electron chi connectivity index (χ1n) is 10.1. The Morgan fingerprint density at radius 3 is 2.97 bits per heavy atom. The second-order valence-corrected chi connectivity index (χ2v) is 10.3. The quantitative estimate of drug-likeness (QED) is 0.170. The fourth-order valence-corrected chi connectivity index (χ4v) is 6.58. The minimum atomic E-state index is -1.44. The third-order valence-electron chi connectivity index (χ3n) is 5.42. The summed E-state index contributed by atoms with van der Waals surface area (Å²) in [5.41, 5.74) is 5.73. The van der Waals surface area contributed by atoms with Crippen LogP contribution in [0.1, 0.15) is 5.82 Å². The van der Waals surface area contributed by atoms with Crippen molar-refractivity contribution in [3.05, 3.63) is 46.9 Å². The minimum absolute atomic E-state index is 0.0378. The summed E-state index contributed by atoms with van der Waals surface area (Å²) >= 11 is 3.78. The zero-order chi connectivity index (χ0) is 24.7. The molecule has 1 saturated heterocycles. The van der Waals surface area contributed by atoms with Crippen molar-refractivity contribution in [3.63, 3.8) is 0 Å². The summed E-state index contributed by atoms with van der Waals surface area (Å²) in [5.74, 6) is -2.43. The molecule has 0 aliphatic carbocycles. The number of nitrogens with zero attached hydrogens (tertiary/aromatic N) is 5. The number of oxime groups is 1. The Balaban J connectivity index is 1.38. The Bertz CT molecular complexity index is 1410. The summed E-state index contributed by atoms with van der Waals surface area (Å²) in [5, 5.41) is 20.9. The number of anilines is 1. The standard InChI is InChI=1S/C20H17N7O5S3/c1-32-24-11(14-23-20(21)35-25-14)15(28)22-12-16(29)27-13(19(30)31)10(8-34-18(12)27)7-26-5-2-3-9-4-6-33-17(9)26/h2-6,12,18H,7-8H2,1H3,(H3-,21,22,23,25,28,30,31)/b24-11-/t12?,18-/m1/s1. The fraction of sp³-hybridized carbons (Fsp3) is 0.250. The van der Waals surface area contributed by atoms with E-state index in [2.05, 4.69) is 19.8 Å². The summed E-state index contributed by atoms with van der Waals surface area (Å²) in [4.78, 5) is 48.7. The van der Waals surface area contributed by atoms with Crippen LogP contribution >= 0.6 is 34.6 Å². The van der Waals surface area contributed by atoms with Crippen LogP contribution in [0.15, 0.2) is 46.2 Å². The molecule has 0 bridgehead atoms. The van der Waals surface area contributed by atoms with Crippen molar-refractivity contribution in [3.8, 4) is 0 Å². The molecule has 5 heterocycles. The van der Waals surface area contributed by atoms with Gasteiger partial charge in [0.1, 0.15) is 18.5 Å². The van der Waals surface area contributed by atoms with Gasteiger partial charge in [0.25, 0.3) is 16.6 Å². The number of aliphatic carboxylic acids is 1. The number of β-lactam (4-membered cyclic amide) rings is 1. The van der Waals surface area contributed by atoms with Crippen molar-refractivity contribution in [1.29, 1.82) is 0 Å². The molecule has 12 nitrogen and oxygen atoms in total. The van der Waals surface area contributed by atoms with Gasteiger partial charge in [0.05, 0.1) is 17.1 Å². The number of nitrogens with two attached hydrogens (primary N) is 1. The van der Waals surface area contributed by atoms with E-state index in [-0.39, 0.29) is 22.4 Å². The van der Waals surface area contributed by atoms with Crippen molar-refractivity contribution >= 4 is 73.5 Å². The smallest absolute Gasteiger partial charge is 0.278 e. The van der Waals surface area contributed by atoms with Crippen molar-refractivity contribution < 1.29 is 28.9 Å². The van der Waals surface area contributed by atoms with Crippen molar-refractivity contribution in [2.75, 3.05) is 18.6 Å². The first-order chi connectivity index (χ1) is 16.9. The van der Waals surface area contributed by atoms with Crippen LogP contribution in [0.3, 0.4) is 0 Å². The maximum Gasteiger partial charge on any atom is 0.278 e. The number of thioether (sulfide) groups is 1. The first-order valence-corrected chi connectivity index (χ1v) is 12.8. The van der Waals surface area contributed by atoms with Crippen LogP contribution in [0.25, 0.3) is 10.2 Å². The SMILES string of the molecule is CO/N=C(\C(=O)NC1C(=O)N2C(C(=O)[O-])=C(C[n+]3cccc4ccsc43)CS[C@H]12)c1nsc(N)n1. The lowest BCUT2D eigenvalue weighted by Gasteiger charge is -2.50. The largest absolute Gasteiger partial charge is 0.543 e. The first kappa shape index (κ1) is 23.2. The third kappa shape index (κ3) is 4.11. The number of aromatic nitrogens is 3. The summed E-state index contributed by atoms with van der Waals surface area (Å²) in [6.45, 7) is 0.295. The maximum atomic E-state index is 13.0. The second kappa shape index (κ2) is 9.24. The maximum absolute atomic E-state index is 13.0. The molecule has 1 unspecified atom stereocenters. The third-order valence-corrected chi connectivity index (χ3v) is 8.26. The molecule has 180 valence electrons. The Kier molecular flexibility index (Phi) is 6.12. The van der Waals surface area contributed by atoms with E-state index in [1.54, 1.807) is 11.3 Å². The van der Waals surface area contributed by atoms with Gasteiger partial charge in [-0.25, -0.2) is 0 Å². The van der Waals surface area contributed by atoms with Gasteiger partial charge in [-0.15, -0.1) is 11.8 Å². The van der Waals surface area contributed by atoms with Crippen molar-refractivity contribution in [2.24, 2.45) is 5.16 Å². The molecule has 1 fully saturated rings. The van der Waals surface area contributed by atoms with E-state index in [0.29, 0.717) is 17.9 Å². The normalized spacial score (nSPS) is 20.0. The van der Waals surface area contributed by atoms with Crippen LogP contribution in [0.2, 0.25) is 0 Å². The summed E-state index contributed by atoms with van der Waals surface area (Å²) in [6.07, 6.45) is 1.87. The average Bonchev–Trinajstić information content (AvgIpc) is 3.49. The number of amides is 2. The van der Waals surface area contributed by atoms with Gasteiger partial charge in [-0.2, -0.15) is 13.9 Å². The summed E-state index contributed by atoms with van der Waals surface area (Å²) in [6, 6.07) is 4.89. The number of carboxylic acids is 1. The molecule has 15 heteroatoms. The van der Waals surface area contributed by atoms with Crippen LogP contribution in [-0.2, 0) is 25.8 Å². The molecule has 5 rings (SSSR count). The number of carboxylic acid groups (broad SMARTS) is 1. The Morgan fingerprint density at radius 2 is 2.26 bits per heavy atom. The summed E-state index contributed by atoms with van der Waals surface area (Å²) < 4.78 is 5.90. The number of hydrogen-bond acceptors (Lipinski definition) is 12. The van der Waals surface area contributed by atoms with E-state index in [1.165, 1.54) is 23.8 Å². The molecule has 0 spiro atoms. The van der Waals surface area contributed by atoms with Gasteiger partial charge in [-0.05, 0) is 17.5 Å². The van der Waals surface area contributed by atoms with Crippen LogP contribution in [-0.4, -0.2) is 62.0 Å². The van der Waals surface area contributed by atoms with Crippen molar-refractivity contribution in [2.45, 2.75) is 18.0 Å².